The Kier molecular flexibility index (Phi) is 12.1. The molecule has 5 aliphatic rings. The molecule has 13 heteroatoms. The molecule has 7 amide bonds. The molecule has 0 aromatic carbocycles. The number of rotatable bonds is 14. The van der Waals surface area contributed by atoms with Crippen LogP contribution in [0.15, 0.2) is 12.7 Å². The van der Waals surface area contributed by atoms with Gasteiger partial charge in [-0.2, -0.15) is 0 Å². The third-order valence-electron chi connectivity index (χ3n) is 12.4. The molecular formula is C38H61N7O6. The van der Waals surface area contributed by atoms with E-state index in [-0.39, 0.29) is 59.0 Å². The van der Waals surface area contributed by atoms with Crippen molar-refractivity contribution in [3.63, 3.8) is 0 Å². The van der Waals surface area contributed by atoms with Gasteiger partial charge in [0.1, 0.15) is 12.1 Å². The highest BCUT2D eigenvalue weighted by Gasteiger charge is 2.69. The summed E-state index contributed by atoms with van der Waals surface area (Å²) < 4.78 is 0. The van der Waals surface area contributed by atoms with Crippen molar-refractivity contribution >= 4 is 35.6 Å². The number of piperidine rings is 1. The Labute approximate surface area is 303 Å². The summed E-state index contributed by atoms with van der Waals surface area (Å²) in [6.45, 7) is 15.9. The van der Waals surface area contributed by atoms with E-state index < -0.39 is 41.8 Å². The fourth-order valence-electron chi connectivity index (χ4n) is 8.75. The van der Waals surface area contributed by atoms with Crippen molar-refractivity contribution in [3.8, 4) is 0 Å². The highest BCUT2D eigenvalue weighted by Crippen LogP contribution is 2.65. The first kappa shape index (κ1) is 38.6. The molecule has 0 aromatic heterocycles. The van der Waals surface area contributed by atoms with E-state index in [1.807, 2.05) is 20.8 Å². The molecule has 3 saturated carbocycles. The Morgan fingerprint density at radius 1 is 0.980 bits per heavy atom. The fourth-order valence-corrected chi connectivity index (χ4v) is 8.75. The smallest absolute Gasteiger partial charge is 0.317 e. The average molecular weight is 712 g/mol. The number of urea groups is 2. The summed E-state index contributed by atoms with van der Waals surface area (Å²) >= 11 is 0. The van der Waals surface area contributed by atoms with Crippen LogP contribution in [0.4, 0.5) is 9.59 Å². The predicted molar refractivity (Wildman–Crippen MR) is 193 cm³/mol. The van der Waals surface area contributed by atoms with Gasteiger partial charge in [-0.15, -0.1) is 6.58 Å². The molecular weight excluding hydrogens is 650 g/mol. The maximum atomic E-state index is 14.7. The van der Waals surface area contributed by atoms with Crippen LogP contribution >= 0.6 is 0 Å². The molecule has 0 aromatic rings. The first-order valence-electron chi connectivity index (χ1n) is 19.3. The molecule has 0 bridgehead atoms. The molecule has 5 rings (SSSR count). The van der Waals surface area contributed by atoms with Crippen LogP contribution in [0.25, 0.3) is 0 Å². The fraction of sp³-hybridized carbons (Fsp3) is 0.789. The minimum atomic E-state index is -0.986. The Bertz CT molecular complexity index is 1350. The molecule has 6 atom stereocenters. The Balaban J connectivity index is 1.34. The SMILES string of the molecule is C=CCNC(=O)C(=O)C(CC1CCC1)NC(=O)[C@@H]1[C@@H]2[C@H](CN1C(=O)[C@@H](NC(=O)N[C@H](CN1CCCNC1=O)C(C)(C)C)C1CCCCC1)C2(C)C. The van der Waals surface area contributed by atoms with Gasteiger partial charge in [-0.05, 0) is 60.2 Å². The average Bonchev–Trinajstić information content (AvgIpc) is 3.37. The van der Waals surface area contributed by atoms with Gasteiger partial charge >= 0.3 is 12.1 Å². The van der Waals surface area contributed by atoms with E-state index in [4.69, 9.17) is 0 Å². The molecule has 2 aliphatic heterocycles. The van der Waals surface area contributed by atoms with Crippen molar-refractivity contribution in [3.05, 3.63) is 12.7 Å². The molecule has 5 N–H and O–H groups in total. The Morgan fingerprint density at radius 2 is 1.69 bits per heavy atom. The molecule has 0 spiro atoms. The first-order chi connectivity index (χ1) is 24.1. The van der Waals surface area contributed by atoms with Gasteiger partial charge in [0, 0.05) is 32.7 Å². The molecule has 1 unspecified atom stereocenters. The predicted octanol–water partition coefficient (Wildman–Crippen LogP) is 3.09. The largest absolute Gasteiger partial charge is 0.346 e. The summed E-state index contributed by atoms with van der Waals surface area (Å²) in [7, 11) is 0. The highest BCUT2D eigenvalue weighted by atomic mass is 16.2. The van der Waals surface area contributed by atoms with Crippen LogP contribution in [-0.4, -0.2) is 102 Å². The number of carbonyl (C=O) groups is 6. The zero-order chi connectivity index (χ0) is 37.1. The second-order valence-electron chi connectivity index (χ2n) is 17.3. The summed E-state index contributed by atoms with van der Waals surface area (Å²) in [5, 5.41) is 14.5. The van der Waals surface area contributed by atoms with Crippen molar-refractivity contribution in [2.75, 3.05) is 32.7 Å². The van der Waals surface area contributed by atoms with Crippen molar-refractivity contribution in [1.29, 1.82) is 0 Å². The number of Topliss-reactive ketones (excluding diaryl/α,β-unsaturated/α-hetero) is 1. The number of nitrogens with zero attached hydrogens (tertiary/aromatic N) is 2. The number of hydrogen-bond acceptors (Lipinski definition) is 6. The molecule has 284 valence electrons. The number of hydrogen-bond donors (Lipinski definition) is 5. The van der Waals surface area contributed by atoms with Gasteiger partial charge in [-0.1, -0.05) is 79.2 Å². The summed E-state index contributed by atoms with van der Waals surface area (Å²) in [4.78, 5) is 84.7. The zero-order valence-electron chi connectivity index (χ0n) is 31.4. The number of carbonyl (C=O) groups excluding carboxylic acids is 6. The van der Waals surface area contributed by atoms with E-state index in [0.29, 0.717) is 32.6 Å². The van der Waals surface area contributed by atoms with Gasteiger partial charge in [-0.25, -0.2) is 9.59 Å². The van der Waals surface area contributed by atoms with Crippen LogP contribution in [0.1, 0.15) is 98.8 Å². The van der Waals surface area contributed by atoms with E-state index >= 15 is 0 Å². The number of likely N-dealkylation sites (tertiary alicyclic amines) is 1. The second-order valence-corrected chi connectivity index (χ2v) is 17.3. The summed E-state index contributed by atoms with van der Waals surface area (Å²) in [6, 6.07) is -3.64. The molecule has 5 fully saturated rings. The standard InChI is InChI=1S/C38H61N7O6/c1-7-17-39-33(48)31(46)26(20-23-13-11-14-23)41-32(47)30-28-25(38(28,5)6)21-45(30)34(49)29(24-15-9-8-10-16-24)43-35(50)42-27(37(2,3)4)22-44-19-12-18-40-36(44)51/h7,23-30H,1,8-22H2,2-6H3,(H,39,48)(H,40,51)(H,41,47)(H2,42,43,50)/t25-,26?,27+,28-,29-,30-/m0/s1. The van der Waals surface area contributed by atoms with Crippen molar-refractivity contribution in [2.45, 2.75) is 123 Å². The van der Waals surface area contributed by atoms with Gasteiger partial charge in [0.15, 0.2) is 0 Å². The van der Waals surface area contributed by atoms with Crippen molar-refractivity contribution in [1.82, 2.24) is 36.4 Å². The topological polar surface area (TPSA) is 169 Å². The van der Waals surface area contributed by atoms with Crippen molar-refractivity contribution < 1.29 is 28.8 Å². The summed E-state index contributed by atoms with van der Waals surface area (Å²) in [5.74, 6) is -1.99. The lowest BCUT2D eigenvalue weighted by molar-refractivity contribution is -0.145. The molecule has 51 heavy (non-hydrogen) atoms. The number of fused-ring (bicyclic) bond motifs is 1. The minimum absolute atomic E-state index is 0.0897. The number of nitrogens with one attached hydrogen (secondary N) is 5. The number of amides is 7. The van der Waals surface area contributed by atoms with Crippen LogP contribution in [-0.2, 0) is 19.2 Å². The van der Waals surface area contributed by atoms with Crippen LogP contribution in [0.5, 0.6) is 0 Å². The van der Waals surface area contributed by atoms with Gasteiger partial charge in [0.25, 0.3) is 5.91 Å². The van der Waals surface area contributed by atoms with E-state index in [9.17, 15) is 28.8 Å². The monoisotopic (exact) mass is 711 g/mol. The molecule has 13 nitrogen and oxygen atoms in total. The highest BCUT2D eigenvalue weighted by molar-refractivity contribution is 6.38. The van der Waals surface area contributed by atoms with E-state index in [1.165, 1.54) is 6.08 Å². The lowest BCUT2D eigenvalue weighted by atomic mass is 9.80. The zero-order valence-corrected chi connectivity index (χ0v) is 31.4. The quantitative estimate of drug-likeness (QED) is 0.137. The maximum absolute atomic E-state index is 14.7. The van der Waals surface area contributed by atoms with Gasteiger partial charge in [0.2, 0.25) is 17.6 Å². The second kappa shape index (κ2) is 15.9. The van der Waals surface area contributed by atoms with Gasteiger partial charge in [-0.3, -0.25) is 19.2 Å². The summed E-state index contributed by atoms with van der Waals surface area (Å²) in [6.07, 6.45) is 10.2. The van der Waals surface area contributed by atoms with Crippen LogP contribution in [0.2, 0.25) is 0 Å². The lowest BCUT2D eigenvalue weighted by Gasteiger charge is -2.39. The van der Waals surface area contributed by atoms with Crippen LogP contribution in [0, 0.1) is 34.5 Å². The van der Waals surface area contributed by atoms with E-state index in [2.05, 4.69) is 47.0 Å². The first-order valence-corrected chi connectivity index (χ1v) is 19.3. The third kappa shape index (κ3) is 8.88. The van der Waals surface area contributed by atoms with Crippen LogP contribution in [0.3, 0.4) is 0 Å². The van der Waals surface area contributed by atoms with Crippen molar-refractivity contribution in [2.24, 2.45) is 34.5 Å². The third-order valence-corrected chi connectivity index (χ3v) is 12.4. The van der Waals surface area contributed by atoms with Gasteiger partial charge in [0.05, 0.1) is 12.1 Å². The molecule has 2 saturated heterocycles. The van der Waals surface area contributed by atoms with Crippen LogP contribution < -0.4 is 26.6 Å². The summed E-state index contributed by atoms with van der Waals surface area (Å²) in [5.41, 5.74) is -0.542. The lowest BCUT2D eigenvalue weighted by Crippen LogP contribution is -2.62. The maximum Gasteiger partial charge on any atom is 0.317 e. The van der Waals surface area contributed by atoms with E-state index in [0.717, 1.165) is 57.8 Å². The Hall–Kier alpha value is -3.64. The Morgan fingerprint density at radius 3 is 2.29 bits per heavy atom. The minimum Gasteiger partial charge on any atom is -0.346 e. The number of ketones is 1. The van der Waals surface area contributed by atoms with E-state index in [1.54, 1.807) is 9.80 Å². The molecule has 3 aliphatic carbocycles. The molecule has 0 radical (unpaired) electrons. The normalized spacial score (nSPS) is 26.4. The van der Waals surface area contributed by atoms with Gasteiger partial charge < -0.3 is 36.4 Å². The molecule has 2 heterocycles.